The van der Waals surface area contributed by atoms with Gasteiger partial charge >= 0.3 is 0 Å². The molecule has 0 unspecified atom stereocenters. The first-order chi connectivity index (χ1) is 14.2. The highest BCUT2D eigenvalue weighted by Crippen LogP contribution is 2.42. The number of aromatic nitrogens is 1. The second-order valence-corrected chi connectivity index (χ2v) is 8.25. The van der Waals surface area contributed by atoms with E-state index in [1.807, 2.05) is 12.1 Å². The number of rotatable bonds is 2. The van der Waals surface area contributed by atoms with Gasteiger partial charge in [-0.15, -0.1) is 0 Å². The standard InChI is InChI=1S/C25H22N2O2/c28-21-8-4-7-20-23-19-11-12-26(14-16-5-2-1-3-6-16)15-18(19)13-17-9-10-22(29)27(24(17)23)25(20)21/h1-8,13,28H,9-12,14-15H2. The smallest absolute Gasteiger partial charge is 0.232 e. The number of carbonyl (C=O) groups excluding carboxylic acids is 1. The van der Waals surface area contributed by atoms with Gasteiger partial charge in [0.2, 0.25) is 5.91 Å². The lowest BCUT2D eigenvalue weighted by molar-refractivity contribution is 0.0907. The van der Waals surface area contributed by atoms with Crippen LogP contribution >= 0.6 is 0 Å². The van der Waals surface area contributed by atoms with Crippen LogP contribution in [0.5, 0.6) is 5.75 Å². The zero-order chi connectivity index (χ0) is 19.5. The van der Waals surface area contributed by atoms with Crippen molar-refractivity contribution in [2.24, 2.45) is 0 Å². The summed E-state index contributed by atoms with van der Waals surface area (Å²) in [4.78, 5) is 15.3. The fourth-order valence-corrected chi connectivity index (χ4v) is 5.24. The largest absolute Gasteiger partial charge is 0.506 e. The molecule has 4 nitrogen and oxygen atoms in total. The maximum atomic E-state index is 12.8. The van der Waals surface area contributed by atoms with Gasteiger partial charge in [0.1, 0.15) is 5.75 Å². The Balaban J connectivity index is 1.54. The quantitative estimate of drug-likeness (QED) is 0.549. The van der Waals surface area contributed by atoms with Crippen LogP contribution in [0.2, 0.25) is 0 Å². The van der Waals surface area contributed by atoms with Crippen molar-refractivity contribution in [3.8, 4) is 5.75 Å². The Kier molecular flexibility index (Phi) is 3.59. The van der Waals surface area contributed by atoms with Crippen LogP contribution in [0.3, 0.4) is 0 Å². The number of benzene rings is 3. The molecular weight excluding hydrogens is 360 g/mol. The Hall–Kier alpha value is -3.11. The average molecular weight is 382 g/mol. The number of para-hydroxylation sites is 1. The number of carbonyl (C=O) groups is 1. The van der Waals surface area contributed by atoms with Gasteiger partial charge in [0.15, 0.2) is 0 Å². The van der Waals surface area contributed by atoms with Crippen molar-refractivity contribution < 1.29 is 9.90 Å². The third kappa shape index (κ3) is 2.45. The number of aromatic hydroxyl groups is 1. The predicted octanol–water partition coefficient (Wildman–Crippen LogP) is 4.64. The van der Waals surface area contributed by atoms with Crippen LogP contribution in [-0.4, -0.2) is 27.0 Å². The van der Waals surface area contributed by atoms with Crippen LogP contribution in [0.15, 0.2) is 54.6 Å². The summed E-state index contributed by atoms with van der Waals surface area (Å²) in [6.07, 6.45) is 2.23. The number of hydrogen-bond donors (Lipinski definition) is 1. The maximum Gasteiger partial charge on any atom is 0.232 e. The molecule has 1 N–H and O–H groups in total. The van der Waals surface area contributed by atoms with Gasteiger partial charge in [-0.1, -0.05) is 48.5 Å². The summed E-state index contributed by atoms with van der Waals surface area (Å²) in [5.74, 6) is 0.274. The number of fused-ring (bicyclic) bond motifs is 5. The van der Waals surface area contributed by atoms with Crippen molar-refractivity contribution >= 4 is 27.7 Å². The number of phenols is 1. The minimum Gasteiger partial charge on any atom is -0.506 e. The number of phenolic OH excluding ortho intramolecular Hbond substituents is 1. The summed E-state index contributed by atoms with van der Waals surface area (Å²) < 4.78 is 1.77. The maximum absolute atomic E-state index is 12.8. The van der Waals surface area contributed by atoms with Crippen molar-refractivity contribution in [1.82, 2.24) is 9.47 Å². The number of nitrogens with zero attached hydrogens (tertiary/aromatic N) is 2. The molecule has 0 saturated carbocycles. The Morgan fingerprint density at radius 1 is 0.897 bits per heavy atom. The second kappa shape index (κ2) is 6.19. The van der Waals surface area contributed by atoms with Gasteiger partial charge in [0, 0.05) is 36.8 Å². The van der Waals surface area contributed by atoms with Crippen LogP contribution in [0.25, 0.3) is 21.8 Å². The molecule has 0 bridgehead atoms. The molecule has 29 heavy (non-hydrogen) atoms. The molecule has 1 aromatic heterocycles. The molecule has 3 aromatic carbocycles. The molecule has 144 valence electrons. The highest BCUT2D eigenvalue weighted by atomic mass is 16.3. The van der Waals surface area contributed by atoms with Crippen LogP contribution in [0.4, 0.5) is 0 Å². The topological polar surface area (TPSA) is 45.5 Å². The molecule has 0 fully saturated rings. The minimum absolute atomic E-state index is 0.0838. The van der Waals surface area contributed by atoms with E-state index in [2.05, 4.69) is 41.3 Å². The van der Waals surface area contributed by atoms with Crippen LogP contribution in [0.1, 0.15) is 33.5 Å². The first-order valence-corrected chi connectivity index (χ1v) is 10.3. The van der Waals surface area contributed by atoms with Gasteiger partial charge in [-0.25, -0.2) is 0 Å². The number of hydrogen-bond acceptors (Lipinski definition) is 3. The second-order valence-electron chi connectivity index (χ2n) is 8.25. The highest BCUT2D eigenvalue weighted by Gasteiger charge is 2.29. The molecular formula is C25H22N2O2. The lowest BCUT2D eigenvalue weighted by Crippen LogP contribution is -2.30. The van der Waals surface area contributed by atoms with E-state index in [0.29, 0.717) is 11.9 Å². The van der Waals surface area contributed by atoms with E-state index < -0.39 is 0 Å². The monoisotopic (exact) mass is 382 g/mol. The van der Waals surface area contributed by atoms with Gasteiger partial charge < -0.3 is 5.11 Å². The van der Waals surface area contributed by atoms with Crippen LogP contribution in [-0.2, 0) is 25.9 Å². The van der Waals surface area contributed by atoms with Gasteiger partial charge in [0.05, 0.1) is 11.0 Å². The van der Waals surface area contributed by atoms with Crippen LogP contribution < -0.4 is 0 Å². The van der Waals surface area contributed by atoms with Gasteiger partial charge in [-0.3, -0.25) is 14.3 Å². The van der Waals surface area contributed by atoms with E-state index >= 15 is 0 Å². The fourth-order valence-electron chi connectivity index (χ4n) is 5.24. The Labute approximate surface area is 169 Å². The van der Waals surface area contributed by atoms with Crippen molar-refractivity contribution in [2.75, 3.05) is 6.54 Å². The molecule has 0 spiro atoms. The Morgan fingerprint density at radius 3 is 2.62 bits per heavy atom. The van der Waals surface area contributed by atoms with E-state index in [1.165, 1.54) is 27.6 Å². The first kappa shape index (κ1) is 16.8. The zero-order valence-corrected chi connectivity index (χ0v) is 16.2. The molecule has 0 amide bonds. The molecule has 0 saturated heterocycles. The predicted molar refractivity (Wildman–Crippen MR) is 114 cm³/mol. The zero-order valence-electron chi connectivity index (χ0n) is 16.2. The van der Waals surface area contributed by atoms with Gasteiger partial charge in [-0.2, -0.15) is 0 Å². The molecule has 2 aliphatic rings. The Bertz CT molecular complexity index is 1290. The molecule has 4 heteroatoms. The van der Waals surface area contributed by atoms with E-state index in [9.17, 15) is 9.90 Å². The lowest BCUT2D eigenvalue weighted by Gasteiger charge is -2.30. The van der Waals surface area contributed by atoms with Crippen molar-refractivity contribution in [2.45, 2.75) is 32.4 Å². The normalized spacial score (nSPS) is 16.5. The fraction of sp³-hybridized carbons (Fsp3) is 0.240. The van der Waals surface area contributed by atoms with Gasteiger partial charge in [-0.05, 0) is 41.2 Å². The first-order valence-electron chi connectivity index (χ1n) is 10.3. The molecule has 0 radical (unpaired) electrons. The summed E-state index contributed by atoms with van der Waals surface area (Å²) in [6, 6.07) is 18.5. The SMILES string of the molecule is O=C1CCc2cc3c(c4c5cccc(O)c5n1c24)CCN(Cc1ccccc1)C3. The average Bonchev–Trinajstić information content (AvgIpc) is 3.10. The van der Waals surface area contributed by atoms with E-state index in [4.69, 9.17) is 0 Å². The number of aryl methyl sites for hydroxylation is 1. The van der Waals surface area contributed by atoms with Gasteiger partial charge in [0.25, 0.3) is 0 Å². The van der Waals surface area contributed by atoms with E-state index in [1.54, 1.807) is 10.6 Å². The lowest BCUT2D eigenvalue weighted by atomic mass is 9.90. The molecule has 3 heterocycles. The Morgan fingerprint density at radius 2 is 1.76 bits per heavy atom. The summed E-state index contributed by atoms with van der Waals surface area (Å²) in [6.45, 7) is 2.87. The molecule has 4 aromatic rings. The highest BCUT2D eigenvalue weighted by molar-refractivity contribution is 6.18. The van der Waals surface area contributed by atoms with Crippen LogP contribution in [0, 0.1) is 0 Å². The molecule has 0 atom stereocenters. The molecule has 2 aliphatic heterocycles. The third-order valence-corrected chi connectivity index (χ3v) is 6.49. The minimum atomic E-state index is 0.0838. The van der Waals surface area contributed by atoms with E-state index in [-0.39, 0.29) is 11.7 Å². The summed E-state index contributed by atoms with van der Waals surface area (Å²) in [7, 11) is 0. The summed E-state index contributed by atoms with van der Waals surface area (Å²) in [5.41, 5.74) is 6.98. The summed E-state index contributed by atoms with van der Waals surface area (Å²) in [5, 5.41) is 12.7. The molecule has 0 aliphatic carbocycles. The van der Waals surface area contributed by atoms with Crippen molar-refractivity contribution in [1.29, 1.82) is 0 Å². The third-order valence-electron chi connectivity index (χ3n) is 6.49. The van der Waals surface area contributed by atoms with Crippen molar-refractivity contribution in [3.63, 3.8) is 0 Å². The van der Waals surface area contributed by atoms with Crippen molar-refractivity contribution in [3.05, 3.63) is 76.9 Å². The summed E-state index contributed by atoms with van der Waals surface area (Å²) >= 11 is 0. The molecule has 6 rings (SSSR count). The van der Waals surface area contributed by atoms with E-state index in [0.717, 1.165) is 43.4 Å².